The summed E-state index contributed by atoms with van der Waals surface area (Å²) >= 11 is 0. The fourth-order valence-electron chi connectivity index (χ4n) is 2.91. The van der Waals surface area contributed by atoms with E-state index in [0.29, 0.717) is 28.7 Å². The number of ether oxygens (including phenoxy) is 2. The van der Waals surface area contributed by atoms with Crippen molar-refractivity contribution in [2.24, 2.45) is 0 Å². The maximum absolute atomic E-state index is 12.5. The first-order chi connectivity index (χ1) is 16.9. The summed E-state index contributed by atoms with van der Waals surface area (Å²) < 4.78 is 32.9. The van der Waals surface area contributed by atoms with E-state index in [-0.39, 0.29) is 49.3 Å². The summed E-state index contributed by atoms with van der Waals surface area (Å²) in [5.41, 5.74) is 0.897. The van der Waals surface area contributed by atoms with Crippen LogP contribution in [0.5, 0.6) is 11.5 Å². The van der Waals surface area contributed by atoms with Gasteiger partial charge in [0.15, 0.2) is 5.78 Å². The number of phenols is 1. The van der Waals surface area contributed by atoms with E-state index in [1.54, 1.807) is 37.3 Å². The van der Waals surface area contributed by atoms with E-state index in [1.807, 2.05) is 14.1 Å². The van der Waals surface area contributed by atoms with Gasteiger partial charge in [-0.05, 0) is 19.1 Å². The molecule has 0 radical (unpaired) electrons. The molecule has 0 amide bonds. The van der Waals surface area contributed by atoms with E-state index in [1.165, 1.54) is 18.2 Å². The Morgan fingerprint density at radius 2 is 1.61 bits per heavy atom. The highest BCUT2D eigenvalue weighted by molar-refractivity contribution is 7.47. The van der Waals surface area contributed by atoms with Crippen LogP contribution in [0, 0.1) is 0 Å². The number of hydrogen-bond acceptors (Lipinski definition) is 8. The van der Waals surface area contributed by atoms with Crippen LogP contribution in [0.4, 0.5) is 0 Å². The zero-order chi connectivity index (χ0) is 26.8. The number of phenolic OH excluding ortho intramolecular Hbond substituents is 1. The number of nitrogens with zero attached hydrogens (tertiary/aromatic N) is 1. The zero-order valence-electron chi connectivity index (χ0n) is 20.7. The Labute approximate surface area is 210 Å². The number of ketones is 1. The molecule has 0 aliphatic carbocycles. The van der Waals surface area contributed by atoms with Gasteiger partial charge in [-0.15, -0.1) is 0 Å². The molecule has 1 unspecified atom stereocenters. The smallest absolute Gasteiger partial charge is 0.472 e. The minimum Gasteiger partial charge on any atom is -0.507 e. The molecule has 2 aromatic rings. The first-order valence-electron chi connectivity index (χ1n) is 11.2. The van der Waals surface area contributed by atoms with E-state index in [2.05, 4.69) is 6.58 Å². The average molecular weight is 523 g/mol. The molecule has 196 valence electrons. The fraction of sp³-hybridized carbons (Fsp3) is 0.360. The second-order valence-corrected chi connectivity index (χ2v) is 10.1. The minimum atomic E-state index is -4.30. The van der Waals surface area contributed by atoms with E-state index < -0.39 is 13.8 Å². The molecule has 2 rings (SSSR count). The molecular formula is C25H33NO9P+. The molecule has 0 fully saturated rings. The number of benzene rings is 2. The predicted octanol–water partition coefficient (Wildman–Crippen LogP) is 3.33. The summed E-state index contributed by atoms with van der Waals surface area (Å²) in [6.07, 6.45) is 0. The number of phosphoric ester groups is 1. The number of carbonyl (C=O) groups is 2. The molecule has 11 heteroatoms. The molecule has 0 spiro atoms. The molecule has 0 aromatic heterocycles. The number of aromatic hydroxyl groups is 1. The molecule has 2 N–H and O–H groups in total. The summed E-state index contributed by atoms with van der Waals surface area (Å²) in [5.74, 6) is -0.765. The number of likely N-dealkylation sites (N-methyl/N-ethyl adjacent to an activating group) is 1. The molecule has 0 bridgehead atoms. The second-order valence-electron chi connectivity index (χ2n) is 8.66. The van der Waals surface area contributed by atoms with Crippen molar-refractivity contribution in [3.05, 3.63) is 71.8 Å². The van der Waals surface area contributed by atoms with Crippen molar-refractivity contribution in [3.63, 3.8) is 0 Å². The van der Waals surface area contributed by atoms with Crippen LogP contribution in [0.2, 0.25) is 0 Å². The maximum atomic E-state index is 12.5. The largest absolute Gasteiger partial charge is 0.507 e. The van der Waals surface area contributed by atoms with Crippen molar-refractivity contribution >= 4 is 19.6 Å². The highest BCUT2D eigenvalue weighted by Crippen LogP contribution is 2.42. The van der Waals surface area contributed by atoms with Crippen molar-refractivity contribution in [2.75, 3.05) is 53.6 Å². The van der Waals surface area contributed by atoms with Crippen LogP contribution in [0.1, 0.15) is 22.8 Å². The zero-order valence-corrected chi connectivity index (χ0v) is 21.6. The lowest BCUT2D eigenvalue weighted by Gasteiger charge is -2.29. The van der Waals surface area contributed by atoms with Gasteiger partial charge in [0.2, 0.25) is 0 Å². The topological polar surface area (TPSA) is 129 Å². The summed E-state index contributed by atoms with van der Waals surface area (Å²) in [5, 5.41) is 10.2. The molecule has 10 nitrogen and oxygen atoms in total. The third kappa shape index (κ3) is 9.93. The number of hydrogen-bond donors (Lipinski definition) is 2. The molecule has 0 saturated heterocycles. The Morgan fingerprint density at radius 3 is 2.25 bits per heavy atom. The molecule has 0 saturated carbocycles. The summed E-state index contributed by atoms with van der Waals surface area (Å²) in [7, 11) is -0.572. The van der Waals surface area contributed by atoms with Gasteiger partial charge in [0.25, 0.3) is 0 Å². The van der Waals surface area contributed by atoms with E-state index in [0.717, 1.165) is 0 Å². The van der Waals surface area contributed by atoms with Crippen molar-refractivity contribution in [2.45, 2.75) is 6.92 Å². The van der Waals surface area contributed by atoms with Gasteiger partial charge in [-0.2, -0.15) is 0 Å². The van der Waals surface area contributed by atoms with Gasteiger partial charge in [0, 0.05) is 17.2 Å². The van der Waals surface area contributed by atoms with Crippen LogP contribution < -0.4 is 4.74 Å². The second kappa shape index (κ2) is 13.3. The molecule has 0 heterocycles. The average Bonchev–Trinajstić information content (AvgIpc) is 2.81. The third-order valence-electron chi connectivity index (χ3n) is 5.09. The minimum absolute atomic E-state index is 0.0547. The van der Waals surface area contributed by atoms with Crippen molar-refractivity contribution in [1.29, 1.82) is 0 Å². The Bertz CT molecular complexity index is 1100. The predicted molar refractivity (Wildman–Crippen MR) is 133 cm³/mol. The van der Waals surface area contributed by atoms with Crippen molar-refractivity contribution in [3.8, 4) is 11.5 Å². The highest BCUT2D eigenvalue weighted by atomic mass is 31.2. The summed E-state index contributed by atoms with van der Waals surface area (Å²) in [6.45, 7) is 5.73. The van der Waals surface area contributed by atoms with Gasteiger partial charge in [0.1, 0.15) is 44.4 Å². The molecule has 0 aliphatic heterocycles. The quantitative estimate of drug-likeness (QED) is 0.0904. The Balaban J connectivity index is 1.72. The van der Waals surface area contributed by atoms with E-state index in [4.69, 9.17) is 18.5 Å². The Kier molecular flexibility index (Phi) is 10.8. The van der Waals surface area contributed by atoms with Crippen molar-refractivity contribution in [1.82, 2.24) is 0 Å². The van der Waals surface area contributed by atoms with Gasteiger partial charge in [0.05, 0.1) is 26.3 Å². The first kappa shape index (κ1) is 29.2. The van der Waals surface area contributed by atoms with Gasteiger partial charge in [-0.25, -0.2) is 9.36 Å². The normalized spacial score (nSPS) is 13.0. The number of carbonyl (C=O) groups excluding carboxylic acids is 2. The van der Waals surface area contributed by atoms with Crippen LogP contribution in [-0.4, -0.2) is 79.8 Å². The maximum Gasteiger partial charge on any atom is 0.472 e. The molecular weight excluding hydrogens is 489 g/mol. The molecule has 2 aromatic carbocycles. The Hall–Kier alpha value is -3.01. The van der Waals surface area contributed by atoms with Crippen molar-refractivity contribution < 1.29 is 47.2 Å². The SMILES string of the molecule is C=C(C)C(=O)OCC[N+](C)(C)CCOP(=O)(O)OCCOc1ccc(C(=O)c2ccccc2)c(O)c1. The van der Waals surface area contributed by atoms with Gasteiger partial charge < -0.3 is 24.0 Å². The van der Waals surface area contributed by atoms with Gasteiger partial charge >= 0.3 is 13.8 Å². The van der Waals surface area contributed by atoms with Crippen LogP contribution in [0.25, 0.3) is 0 Å². The summed E-state index contributed by atoms with van der Waals surface area (Å²) in [6, 6.07) is 12.8. The molecule has 0 aliphatic rings. The van der Waals surface area contributed by atoms with Crippen LogP contribution >= 0.6 is 7.82 Å². The van der Waals surface area contributed by atoms with Crippen LogP contribution in [0.15, 0.2) is 60.7 Å². The van der Waals surface area contributed by atoms with Gasteiger partial charge in [-0.3, -0.25) is 13.8 Å². The number of esters is 1. The molecule has 1 atom stereocenters. The number of quaternary nitrogens is 1. The molecule has 36 heavy (non-hydrogen) atoms. The number of phosphoric acid groups is 1. The lowest BCUT2D eigenvalue weighted by atomic mass is 10.0. The first-order valence-corrected chi connectivity index (χ1v) is 12.7. The van der Waals surface area contributed by atoms with Gasteiger partial charge in [-0.1, -0.05) is 36.9 Å². The standard InChI is InChI=1S/C25H32NO9P/c1-19(2)25(29)33-14-12-26(3,4)13-15-34-36(30,31)35-17-16-32-21-10-11-22(23(27)18-21)24(28)20-8-6-5-7-9-20/h5-11,18H,1,12-17H2,2-4H3,(H-,27,28,30,31)/p+1. The van der Waals surface area contributed by atoms with E-state index >= 15 is 0 Å². The van der Waals surface area contributed by atoms with E-state index in [9.17, 15) is 24.2 Å². The Morgan fingerprint density at radius 1 is 0.972 bits per heavy atom. The summed E-state index contributed by atoms with van der Waals surface area (Å²) in [4.78, 5) is 33.8. The van der Waals surface area contributed by atoms with Crippen LogP contribution in [-0.2, 0) is 23.1 Å². The number of rotatable bonds is 15. The fourth-order valence-corrected chi connectivity index (χ4v) is 3.60. The monoisotopic (exact) mass is 522 g/mol. The highest BCUT2D eigenvalue weighted by Gasteiger charge is 2.24. The third-order valence-corrected chi connectivity index (χ3v) is 6.10. The van der Waals surface area contributed by atoms with Crippen LogP contribution in [0.3, 0.4) is 0 Å². The lowest BCUT2D eigenvalue weighted by Crippen LogP contribution is -2.44. The lowest BCUT2D eigenvalue weighted by molar-refractivity contribution is -0.890.